The summed E-state index contributed by atoms with van der Waals surface area (Å²) in [5.41, 5.74) is 5.66. The molecule has 0 amide bonds. The van der Waals surface area contributed by atoms with Crippen molar-refractivity contribution >= 4 is 37.0 Å². The van der Waals surface area contributed by atoms with Gasteiger partial charge in [0, 0.05) is 21.9 Å². The predicted octanol–water partition coefficient (Wildman–Crippen LogP) is 15.8. The van der Waals surface area contributed by atoms with Crippen molar-refractivity contribution in [1.82, 2.24) is 10.6 Å². The fourth-order valence-electron chi connectivity index (χ4n) is 6.87. The van der Waals surface area contributed by atoms with Gasteiger partial charge in [-0.25, -0.2) is 16.8 Å². The third-order valence-corrected chi connectivity index (χ3v) is 13.1. The Kier molecular flexibility index (Phi) is 35.8. The van der Waals surface area contributed by atoms with Gasteiger partial charge < -0.3 is 52.2 Å². The van der Waals surface area contributed by atoms with Crippen LogP contribution in [0.4, 0.5) is 17.3 Å². The summed E-state index contributed by atoms with van der Waals surface area (Å²) < 4.78 is 99.6. The summed E-state index contributed by atoms with van der Waals surface area (Å²) in [4.78, 5) is 0.411. The molecule has 0 aromatic heterocycles. The number of halogens is 5. The topological polar surface area (TPSA) is 121 Å². The monoisotopic (exact) mass is 1270 g/mol. The van der Waals surface area contributed by atoms with E-state index < -0.39 is 39.4 Å². The van der Waals surface area contributed by atoms with Gasteiger partial charge in [0.05, 0.1) is 0 Å². The van der Waals surface area contributed by atoms with E-state index in [1.807, 2.05) is 239 Å². The van der Waals surface area contributed by atoms with E-state index in [9.17, 15) is 34.1 Å². The Bertz CT molecular complexity index is 2650. The van der Waals surface area contributed by atoms with E-state index in [-0.39, 0.29) is 56.2 Å². The molecule has 2 N–H and O–H groups in total. The van der Waals surface area contributed by atoms with E-state index >= 15 is 0 Å². The molecule has 0 aliphatic rings. The van der Waals surface area contributed by atoms with E-state index in [0.29, 0.717) is 0 Å². The zero-order valence-corrected chi connectivity index (χ0v) is 48.8. The quantitative estimate of drug-likeness (QED) is 0.0636. The average Bonchev–Trinajstić information content (AvgIpc) is 3.41. The van der Waals surface area contributed by atoms with Gasteiger partial charge >= 0.3 is 53.7 Å². The van der Waals surface area contributed by atoms with E-state index in [1.165, 1.54) is 0 Å². The molecule has 8 nitrogen and oxygen atoms in total. The van der Waals surface area contributed by atoms with Crippen LogP contribution in [0.2, 0.25) is 0 Å². The van der Waals surface area contributed by atoms with E-state index in [0.717, 1.165) is 33.4 Å². The van der Waals surface area contributed by atoms with Crippen LogP contribution in [0.25, 0.3) is 9.44 Å². The van der Waals surface area contributed by atoms with Gasteiger partial charge in [0.15, 0.2) is 0 Å². The number of nitrogens with one attached hydrogen (secondary N) is 2. The number of likely N-dealkylation sites (N-methyl/N-ethyl adjacent to an activating group) is 2. The van der Waals surface area contributed by atoms with Crippen molar-refractivity contribution in [3.63, 3.8) is 0 Å². The predicted molar refractivity (Wildman–Crippen MR) is 300 cm³/mol. The van der Waals surface area contributed by atoms with Crippen molar-refractivity contribution in [2.24, 2.45) is 0 Å². The maximum absolute atomic E-state index is 13.0. The second-order valence-corrected chi connectivity index (χ2v) is 18.9. The first-order chi connectivity index (χ1) is 35.0. The average molecular weight is 1270 g/mol. The molecule has 0 aliphatic heterocycles. The van der Waals surface area contributed by atoms with Gasteiger partial charge in [-0.1, -0.05) is 253 Å². The Morgan fingerprint density at radius 1 is 0.395 bits per heavy atom. The first kappa shape index (κ1) is 70.8. The molecule has 0 saturated carbocycles. The number of hydrogen-bond donors (Lipinski definition) is 2. The largest absolute Gasteiger partial charge is 4.00 e. The van der Waals surface area contributed by atoms with Crippen LogP contribution < -0.4 is 10.6 Å². The molecule has 8 aromatic rings. The van der Waals surface area contributed by atoms with E-state index in [2.05, 4.69) is 29.8 Å². The molecule has 0 aliphatic carbocycles. The van der Waals surface area contributed by atoms with Gasteiger partial charge in [0.25, 0.3) is 0 Å². The summed E-state index contributed by atoms with van der Waals surface area (Å²) in [5, 5.41) is 6.48. The number of aryl methyl sites for hydroxylation is 2. The van der Waals surface area contributed by atoms with Crippen molar-refractivity contribution in [3.8, 4) is 0 Å². The van der Waals surface area contributed by atoms with Gasteiger partial charge in [-0.2, -0.15) is 0 Å². The molecule has 0 spiro atoms. The molecule has 0 bridgehead atoms. The molecule has 0 saturated heterocycles. The van der Waals surface area contributed by atoms with Crippen molar-refractivity contribution in [1.29, 1.82) is 0 Å². The van der Waals surface area contributed by atoms with Crippen LogP contribution in [0, 0.1) is 28.7 Å². The van der Waals surface area contributed by atoms with Crippen molar-refractivity contribution in [3.05, 3.63) is 300 Å². The normalized spacial score (nSPS) is 12.0. The minimum Gasteiger partial charge on any atom is -0.0623 e. The number of benzene rings is 8. The molecule has 0 unspecified atom stereocenters. The summed E-state index contributed by atoms with van der Waals surface area (Å²) in [6, 6.07) is 74.4. The Morgan fingerprint density at radius 3 is 0.776 bits per heavy atom. The van der Waals surface area contributed by atoms with Crippen LogP contribution in [0.15, 0.2) is 252 Å². The minimum atomic E-state index is -6.00. The third-order valence-electron chi connectivity index (χ3n) is 10.3. The second kappa shape index (κ2) is 38.4. The molecule has 0 fully saturated rings. The van der Waals surface area contributed by atoms with Gasteiger partial charge in [0.2, 0.25) is 0 Å². The van der Waals surface area contributed by atoms with Crippen LogP contribution in [0.5, 0.6) is 0 Å². The summed E-state index contributed by atoms with van der Waals surface area (Å²) in [6.07, 6.45) is 0. The van der Waals surface area contributed by atoms with Gasteiger partial charge in [-0.05, 0) is 63.3 Å². The van der Waals surface area contributed by atoms with Crippen LogP contribution >= 0.6 is 9.69 Å². The zero-order valence-electron chi connectivity index (χ0n) is 42.9. The SMILES string of the molecule is CN[C@H](c1ccccc1)[C@H]([N-]S(=O)(=O)c1ccc(C)cc1)c1ccccc1.CN[C@H](c1ccccc1)[C@H]([N-]S(=O)(=O)c1ccc(C)cc1)c1ccccc1.F[B-](F)(F)F.[CH3-].[CH3-].[Cl][Ru+3].[Ru+4].c1ccccc1.c1ccccc1. The Balaban J connectivity index is 0.00000107. The standard InChI is InChI=1S/2C22H23N2O2S.2C6H6.2CH3.BF4.ClH.2Ru/c2*1-17-13-15-20(16-14-17)27(25,26)24-22(19-11-7-4-8-12-19)21(23-2)18-9-5-3-6-10-18;2*1-2-4-6-5-3-1;;;2-1(3,4)5;;;/h2*3-16,21-23H,1-2H3;2*1-6H;2*1H3;;1H;;/q2*-1;;;3*-1;;2*+4/p-1/t2*21-,22-;;;;;;;;/m11......../s1. The van der Waals surface area contributed by atoms with Crippen LogP contribution in [0.1, 0.15) is 57.5 Å². The Morgan fingerprint density at radius 2 is 0.579 bits per heavy atom. The first-order valence-electron chi connectivity index (χ1n) is 22.6. The first-order valence-corrected chi connectivity index (χ1v) is 27.8. The van der Waals surface area contributed by atoms with E-state index in [1.54, 1.807) is 48.5 Å². The molecule has 18 heteroatoms. The number of hydrogen-bond acceptors (Lipinski definition) is 6. The number of rotatable bonds is 14. The fraction of sp³-hybridized carbons (Fsp3) is 0.138. The van der Waals surface area contributed by atoms with Crippen molar-refractivity contribution < 1.29 is 70.9 Å². The zero-order chi connectivity index (χ0) is 53.5. The fourth-order valence-corrected chi connectivity index (χ4v) is 9.16. The maximum atomic E-state index is 13.0. The molecule has 0 radical (unpaired) electrons. The molecule has 76 heavy (non-hydrogen) atoms. The smallest absolute Gasteiger partial charge is 0.0623 e. The number of nitrogens with zero attached hydrogens (tertiary/aromatic N) is 2. The molecular weight excluding hydrogens is 1210 g/mol. The summed E-state index contributed by atoms with van der Waals surface area (Å²) >= 11 is 1.82. The molecule has 8 rings (SSSR count). The molecule has 404 valence electrons. The van der Waals surface area contributed by atoms with Crippen molar-refractivity contribution in [2.45, 2.75) is 47.8 Å². The molecule has 8 aromatic carbocycles. The maximum Gasteiger partial charge on any atom is 4.00 e. The molecule has 4 atom stereocenters. The minimum absolute atomic E-state index is 0. The van der Waals surface area contributed by atoms with Crippen LogP contribution in [0.3, 0.4) is 0 Å². The summed E-state index contributed by atoms with van der Waals surface area (Å²) in [7, 11) is -5.39. The second-order valence-electron chi connectivity index (χ2n) is 15.7. The van der Waals surface area contributed by atoms with Gasteiger partial charge in [-0.3, -0.25) is 0 Å². The Labute approximate surface area is 477 Å². The Hall–Kier alpha value is -5.18. The van der Waals surface area contributed by atoms with Crippen molar-refractivity contribution in [2.75, 3.05) is 14.1 Å². The summed E-state index contributed by atoms with van der Waals surface area (Å²) in [6.45, 7) is 3.85. The van der Waals surface area contributed by atoms with Gasteiger partial charge in [-0.15, -0.1) is 0 Å². The van der Waals surface area contributed by atoms with E-state index in [4.69, 9.17) is 0 Å². The van der Waals surface area contributed by atoms with Crippen LogP contribution in [-0.2, 0) is 56.8 Å². The molecule has 0 heterocycles. The third kappa shape index (κ3) is 26.7. The summed E-state index contributed by atoms with van der Waals surface area (Å²) in [5.74, 6) is 0. The van der Waals surface area contributed by atoms with Crippen LogP contribution in [-0.4, -0.2) is 38.2 Å². The van der Waals surface area contributed by atoms with Gasteiger partial charge in [0.1, 0.15) is 20.0 Å². The number of sulfonamides is 2. The molecular formula is C58H64BClF4N4O4Ru2S2+2.